The number of hydrogen-bond acceptors (Lipinski definition) is 0. The van der Waals surface area contributed by atoms with E-state index in [9.17, 15) is 4.32 Å². The van der Waals surface area contributed by atoms with Gasteiger partial charge in [0.25, 0.3) is 0 Å². The zero-order valence-corrected chi connectivity index (χ0v) is 2.88. The summed E-state index contributed by atoms with van der Waals surface area (Å²) >= 11 is 0. The maximum atomic E-state index is 9.50. The molecule has 3 nitrogen and oxygen atoms in total. The van der Waals surface area contributed by atoms with Gasteiger partial charge in [0, 0.05) is 0 Å². The first-order chi connectivity index (χ1) is 1.00. The van der Waals surface area contributed by atoms with Gasteiger partial charge in [-0.05, 0) is 0 Å². The summed E-state index contributed by atoms with van der Waals surface area (Å²) in [7, 11) is 0.500. The Hall–Kier alpha value is -0.125. The Morgan fingerprint density at radius 3 is 0.800 bits per heavy atom. The van der Waals surface area contributed by atoms with E-state index in [1.165, 1.54) is 0 Å². The highest BCUT2D eigenvalue weighted by Gasteiger charge is 1.04. The molecule has 0 saturated heterocycles. The van der Waals surface area contributed by atoms with Crippen LogP contribution in [0.1, 0.15) is 0 Å². The summed E-state index contributed by atoms with van der Waals surface area (Å²) in [6, 6.07) is 0. The first-order valence-electron chi connectivity index (χ1n) is 0.378. The van der Waals surface area contributed by atoms with Crippen LogP contribution in [0.25, 0.3) is 0 Å². The minimum Gasteiger partial charge on any atom is -0.412 e. The van der Waals surface area contributed by atoms with Crippen molar-refractivity contribution in [3.8, 4) is 0 Å². The normalized spacial score (nSPS) is 1.00. The molecule has 0 bridgehead atoms. The SMILES string of the molecule is BF.O.O.O. The summed E-state index contributed by atoms with van der Waals surface area (Å²) in [6.45, 7) is 0. The molecule has 5 heavy (non-hydrogen) atoms. The van der Waals surface area contributed by atoms with Crippen molar-refractivity contribution in [3.63, 3.8) is 0 Å². The van der Waals surface area contributed by atoms with Crippen molar-refractivity contribution in [2.24, 2.45) is 0 Å². The van der Waals surface area contributed by atoms with E-state index in [2.05, 4.69) is 0 Å². The van der Waals surface area contributed by atoms with E-state index in [-0.39, 0.29) is 16.4 Å². The maximum absolute atomic E-state index is 9.50. The van der Waals surface area contributed by atoms with Crippen LogP contribution in [0.3, 0.4) is 0 Å². The highest BCUT2D eigenvalue weighted by molar-refractivity contribution is 5.96. The fourth-order valence-corrected chi connectivity index (χ4v) is 0. The summed E-state index contributed by atoms with van der Waals surface area (Å²) in [6.07, 6.45) is 0. The third-order valence-electron chi connectivity index (χ3n) is 0. The topological polar surface area (TPSA) is 94.5 Å². The van der Waals surface area contributed by atoms with Crippen LogP contribution in [-0.4, -0.2) is 24.6 Å². The Kier molecular flexibility index (Phi) is 39200. The third-order valence-corrected chi connectivity index (χ3v) is 0. The molecular weight excluding hydrogens is 77.8 g/mol. The Morgan fingerprint density at radius 2 is 0.800 bits per heavy atom. The van der Waals surface area contributed by atoms with Gasteiger partial charge in [-0.15, -0.1) is 0 Å². The molecule has 0 amide bonds. The van der Waals surface area contributed by atoms with Gasteiger partial charge in [0.05, 0.1) is 0 Å². The lowest BCUT2D eigenvalue weighted by Gasteiger charge is -1.07. The first-order valence-corrected chi connectivity index (χ1v) is 0.378. The summed E-state index contributed by atoms with van der Waals surface area (Å²) in [5.74, 6) is 0. The van der Waals surface area contributed by atoms with E-state index in [1.54, 1.807) is 0 Å². The van der Waals surface area contributed by atoms with Gasteiger partial charge in [0.2, 0.25) is 0 Å². The summed E-state index contributed by atoms with van der Waals surface area (Å²) in [5, 5.41) is 0. The van der Waals surface area contributed by atoms with Gasteiger partial charge < -0.3 is 20.7 Å². The number of hydrogen-bond donors (Lipinski definition) is 0. The molecule has 0 unspecified atom stereocenters. The molecule has 0 aliphatic carbocycles. The second kappa shape index (κ2) is 2050. The second-order valence-electron chi connectivity index (χ2n) is 0. The van der Waals surface area contributed by atoms with Crippen molar-refractivity contribution >= 4 is 8.12 Å². The number of rotatable bonds is 0. The average Bonchev–Trinajstić information content (AvgIpc) is 1.00. The highest BCUT2D eigenvalue weighted by atomic mass is 19.1. The number of halogens is 1. The van der Waals surface area contributed by atoms with Crippen molar-refractivity contribution in [1.29, 1.82) is 0 Å². The molecule has 0 aromatic rings. The molecule has 0 rings (SSSR count). The summed E-state index contributed by atoms with van der Waals surface area (Å²) in [4.78, 5) is 0. The highest BCUT2D eigenvalue weighted by Crippen LogP contribution is 1.10. The molecule has 0 radical (unpaired) electrons. The molecule has 0 spiro atoms. The zero-order chi connectivity index (χ0) is 2.00. The van der Waals surface area contributed by atoms with E-state index >= 15 is 0 Å². The molecule has 0 atom stereocenters. The molecule has 5 heteroatoms. The van der Waals surface area contributed by atoms with Crippen LogP contribution in [0.2, 0.25) is 0 Å². The van der Waals surface area contributed by atoms with Crippen LogP contribution in [0.4, 0.5) is 4.32 Å². The standard InChI is InChI=1S/BFH2.3H2O/c1-2;;;/h1H2;3*1H2. The van der Waals surface area contributed by atoms with Gasteiger partial charge in [-0.1, -0.05) is 0 Å². The molecule has 36 valence electrons. The van der Waals surface area contributed by atoms with Crippen molar-refractivity contribution in [1.82, 2.24) is 0 Å². The van der Waals surface area contributed by atoms with Crippen molar-refractivity contribution in [2.75, 3.05) is 0 Å². The third kappa shape index (κ3) is 871. The first kappa shape index (κ1) is 95.6. The smallest absolute Gasteiger partial charge is 0.314 e. The quantitative estimate of drug-likeness (QED) is 0.281. The lowest BCUT2D eigenvalue weighted by Crippen LogP contribution is -1.06. The van der Waals surface area contributed by atoms with Crippen LogP contribution in [0.15, 0.2) is 0 Å². The zero-order valence-electron chi connectivity index (χ0n) is 2.88. The monoisotopic (exact) mass is 86.1 g/mol. The maximum Gasteiger partial charge on any atom is 0.314 e. The Morgan fingerprint density at radius 1 is 0.800 bits per heavy atom. The molecule has 0 aliphatic rings. The minimum atomic E-state index is 0. The van der Waals surface area contributed by atoms with Gasteiger partial charge in [-0.2, -0.15) is 0 Å². The lowest BCUT2D eigenvalue weighted by atomic mass is 10.7. The van der Waals surface area contributed by atoms with E-state index in [0.29, 0.717) is 8.12 Å². The van der Waals surface area contributed by atoms with E-state index in [1.807, 2.05) is 0 Å². The van der Waals surface area contributed by atoms with Crippen LogP contribution >= 0.6 is 0 Å². The summed E-state index contributed by atoms with van der Waals surface area (Å²) < 4.78 is 9.50. The Labute approximate surface area is 30.2 Å². The van der Waals surface area contributed by atoms with Gasteiger partial charge in [0.15, 0.2) is 0 Å². The molecule has 0 aromatic heterocycles. The fourth-order valence-electron chi connectivity index (χ4n) is 0. The lowest BCUT2D eigenvalue weighted by molar-refractivity contribution is 0.823. The molecule has 6 N–H and O–H groups in total. The van der Waals surface area contributed by atoms with E-state index < -0.39 is 0 Å². The second-order valence-corrected chi connectivity index (χ2v) is 0. The molecular formula is H8BFO3. The predicted molar refractivity (Wildman–Crippen MR) is 20.5 cm³/mol. The van der Waals surface area contributed by atoms with Crippen LogP contribution in [0.5, 0.6) is 0 Å². The van der Waals surface area contributed by atoms with Crippen LogP contribution in [0, 0.1) is 0 Å². The van der Waals surface area contributed by atoms with E-state index in [4.69, 9.17) is 0 Å². The van der Waals surface area contributed by atoms with Gasteiger partial charge >= 0.3 is 8.12 Å². The molecule has 0 aromatic carbocycles. The van der Waals surface area contributed by atoms with Crippen molar-refractivity contribution in [2.45, 2.75) is 0 Å². The van der Waals surface area contributed by atoms with Crippen LogP contribution < -0.4 is 0 Å². The van der Waals surface area contributed by atoms with Gasteiger partial charge in [-0.25, -0.2) is 0 Å². The Balaban J connectivity index is -0.00000000167. The average molecular weight is 85.9 g/mol. The summed E-state index contributed by atoms with van der Waals surface area (Å²) in [5.41, 5.74) is 0. The van der Waals surface area contributed by atoms with Crippen molar-refractivity contribution < 1.29 is 20.7 Å². The van der Waals surface area contributed by atoms with Crippen LogP contribution in [-0.2, 0) is 0 Å². The van der Waals surface area contributed by atoms with Gasteiger partial charge in [-0.3, -0.25) is 0 Å². The van der Waals surface area contributed by atoms with Crippen molar-refractivity contribution in [3.05, 3.63) is 0 Å². The largest absolute Gasteiger partial charge is 0.412 e. The molecule has 0 saturated carbocycles. The molecule has 0 heterocycles. The van der Waals surface area contributed by atoms with Gasteiger partial charge in [0.1, 0.15) is 0 Å². The predicted octanol–water partition coefficient (Wildman–Crippen LogP) is -2.97. The molecule has 0 aliphatic heterocycles. The fraction of sp³-hybridized carbons (Fsp3) is 0. The minimum absolute atomic E-state index is 0. The Bertz CT molecular complexity index is 6.85. The van der Waals surface area contributed by atoms with E-state index in [0.717, 1.165) is 0 Å². The molecule has 0 fully saturated rings.